The first-order chi connectivity index (χ1) is 44.4. The van der Waals surface area contributed by atoms with Crippen LogP contribution in [0.2, 0.25) is 0 Å². The largest absolute Gasteiger partial charge is 0.312 e. The highest BCUT2D eigenvalue weighted by Crippen LogP contribution is 2.44. The second kappa shape index (κ2) is 23.9. The van der Waals surface area contributed by atoms with Gasteiger partial charge in [0.15, 0.2) is 0 Å². The molecule has 0 saturated heterocycles. The molecule has 1 aliphatic rings. The number of hydrogen-bond donors (Lipinski definition) is 0. The SMILES string of the molecule is C1=C(c2nc(-c3nc(-c4nc(-c5nc(-c6nc(-c7nc(-c8nc(-c9nc(-c%10nc(-c%11nc(-c%12nc(-c%13nc(-c%14nc(-c%15nc(-c%16nc(-c%17nccs%17)cs%16)cs%15)cs%14)cs%13)cs%12)cs%11)cs%10)cs9)cs8)cs7)cs6)cs5)cs4)cs3)cs2)N(c2cscn2)CS1. The molecule has 17 aromatic heterocycles. The van der Waals surface area contributed by atoms with E-state index >= 15 is 0 Å². The molecule has 0 bridgehead atoms. The summed E-state index contributed by atoms with van der Waals surface area (Å²) in [5.74, 6) is 1.77. The number of rotatable bonds is 17. The van der Waals surface area contributed by atoms with Gasteiger partial charge in [-0.3, -0.25) is 0 Å². The van der Waals surface area contributed by atoms with Gasteiger partial charge < -0.3 is 4.90 Å². The highest BCUT2D eigenvalue weighted by Gasteiger charge is 2.26. The van der Waals surface area contributed by atoms with Crippen LogP contribution in [0.1, 0.15) is 5.01 Å². The molecule has 0 amide bonds. The second-order valence-corrected chi connectivity index (χ2v) is 33.8. The van der Waals surface area contributed by atoms with Gasteiger partial charge in [0.2, 0.25) is 0 Å². The molecule has 0 fully saturated rings. The monoisotopic (exact) mass is 1500 g/mol. The van der Waals surface area contributed by atoms with E-state index in [0.717, 1.165) is 183 Å². The van der Waals surface area contributed by atoms with Crippen molar-refractivity contribution in [3.05, 3.63) is 114 Å². The summed E-state index contributed by atoms with van der Waals surface area (Å²) in [6, 6.07) is 0. The molecule has 1 aliphatic heterocycles. The maximum atomic E-state index is 4.98. The summed E-state index contributed by atoms with van der Waals surface area (Å²) in [4.78, 5) is 85.3. The van der Waals surface area contributed by atoms with Crippen LogP contribution >= 0.6 is 204 Å². The fourth-order valence-electron chi connectivity index (χ4n) is 8.71. The zero-order chi connectivity index (χ0) is 59.2. The molecule has 0 spiro atoms. The lowest BCUT2D eigenvalue weighted by atomic mass is 10.4. The Labute approximate surface area is 578 Å². The van der Waals surface area contributed by atoms with Crippen LogP contribution in [-0.2, 0) is 0 Å². The van der Waals surface area contributed by atoms with Gasteiger partial charge >= 0.3 is 0 Å². The molecule has 90 heavy (non-hydrogen) atoms. The van der Waals surface area contributed by atoms with E-state index in [1.165, 1.54) is 0 Å². The van der Waals surface area contributed by atoms with E-state index in [2.05, 4.69) is 31.0 Å². The van der Waals surface area contributed by atoms with Crippen LogP contribution in [0.5, 0.6) is 0 Å². The van der Waals surface area contributed by atoms with Gasteiger partial charge in [-0.1, -0.05) is 0 Å². The summed E-state index contributed by atoms with van der Waals surface area (Å²) >= 11 is 28.3. The predicted molar refractivity (Wildman–Crippen MR) is 384 cm³/mol. The highest BCUT2D eigenvalue weighted by atomic mass is 32.2. The van der Waals surface area contributed by atoms with Crippen molar-refractivity contribution in [2.45, 2.75) is 0 Å². The molecule has 18 rings (SSSR count). The summed E-state index contributed by atoms with van der Waals surface area (Å²) in [6.07, 6.45) is 1.79. The molecule has 0 aliphatic carbocycles. The highest BCUT2D eigenvalue weighted by molar-refractivity contribution is 8.02. The van der Waals surface area contributed by atoms with E-state index < -0.39 is 0 Å². The van der Waals surface area contributed by atoms with Gasteiger partial charge in [0.25, 0.3) is 0 Å². The average molecular weight is 1500 g/mol. The lowest BCUT2D eigenvalue weighted by Gasteiger charge is -2.16. The molecular formula is C54H22N18S18. The topological polar surface area (TPSA) is 222 Å². The number of nitrogens with zero attached hydrogens (tertiary/aromatic N) is 18. The van der Waals surface area contributed by atoms with Crippen molar-refractivity contribution in [3.63, 3.8) is 0 Å². The summed E-state index contributed by atoms with van der Waals surface area (Å²) in [6.45, 7) is 0. The Bertz CT molecular complexity index is 5420. The number of anilines is 1. The van der Waals surface area contributed by atoms with E-state index in [0.29, 0.717) is 0 Å². The minimum absolute atomic E-state index is 0.798. The fourth-order valence-corrected chi connectivity index (χ4v) is 23.5. The Morgan fingerprint density at radius 2 is 0.478 bits per heavy atom. The molecule has 0 radical (unpaired) electrons. The van der Waals surface area contributed by atoms with Gasteiger partial charge in [-0.05, 0) is 5.41 Å². The molecule has 17 aromatic rings. The van der Waals surface area contributed by atoms with Crippen LogP contribution in [-0.4, -0.2) is 90.6 Å². The Balaban J connectivity index is 0.494. The van der Waals surface area contributed by atoms with E-state index in [-0.39, 0.29) is 0 Å². The predicted octanol–water partition coefficient (Wildman–Crippen LogP) is 20.0. The van der Waals surface area contributed by atoms with Crippen molar-refractivity contribution in [3.8, 4) is 161 Å². The second-order valence-electron chi connectivity index (χ2n) is 18.5. The third-order valence-corrected chi connectivity index (χ3v) is 28.0. The third-order valence-electron chi connectivity index (χ3n) is 12.9. The van der Waals surface area contributed by atoms with Gasteiger partial charge in [0, 0.05) is 97.7 Å². The Hall–Kier alpha value is -6.40. The molecule has 36 heteroatoms. The Morgan fingerprint density at radius 1 is 0.244 bits per heavy atom. The normalized spacial score (nSPS) is 12.6. The Morgan fingerprint density at radius 3 is 0.700 bits per heavy atom. The molecule has 0 unspecified atom stereocenters. The van der Waals surface area contributed by atoms with Crippen molar-refractivity contribution in [2.75, 3.05) is 10.8 Å². The van der Waals surface area contributed by atoms with Gasteiger partial charge in [0.1, 0.15) is 171 Å². The molecule has 436 valence electrons. The molecule has 18 heterocycles. The summed E-state index contributed by atoms with van der Waals surface area (Å²) in [5.41, 5.74) is 15.2. The lowest BCUT2D eigenvalue weighted by Crippen LogP contribution is -2.16. The van der Waals surface area contributed by atoms with Crippen LogP contribution in [0.25, 0.3) is 166 Å². The minimum Gasteiger partial charge on any atom is -0.312 e. The van der Waals surface area contributed by atoms with Crippen LogP contribution in [0, 0.1) is 0 Å². The smallest absolute Gasteiger partial charge is 0.144 e. The average Bonchev–Trinajstić information content (AvgIpc) is 2.15. The zero-order valence-corrected chi connectivity index (χ0v) is 58.8. The number of aromatic nitrogens is 17. The van der Waals surface area contributed by atoms with Crippen LogP contribution in [0.15, 0.2) is 109 Å². The van der Waals surface area contributed by atoms with E-state index in [1.54, 1.807) is 211 Å². The minimum atomic E-state index is 0.798. The van der Waals surface area contributed by atoms with Crippen LogP contribution < -0.4 is 4.90 Å². The van der Waals surface area contributed by atoms with Gasteiger partial charge in [0.05, 0.1) is 17.1 Å². The fraction of sp³-hybridized carbons (Fsp3) is 0.0185. The Kier molecular flexibility index (Phi) is 15.0. The number of thioether (sulfide) groups is 1. The van der Waals surface area contributed by atoms with Crippen molar-refractivity contribution in [1.82, 2.24) is 84.7 Å². The standard InChI is InChI=1S/C54H22N18S18/c1-2-75-39(55-1)22-3-76-40(57-22)23-4-77-41(58-23)24-5-78-42(59-24)25-6-79-43(60-25)26-7-80-44(61-26)27-8-81-45(62-27)28-9-82-46(63-28)29-10-83-47(64-29)30-11-84-48(65-30)31-12-85-49(66-31)32-13-86-50(67-32)33-14-87-51(68-33)34-15-88-52(69-34)35-16-89-53(70-35)36-17-90-54(71-36)37-18-74-21-72(37)38-19-73-20-56-38/h1-20H,21H2. The molecule has 0 N–H and O–H groups in total. The van der Waals surface area contributed by atoms with Crippen LogP contribution in [0.4, 0.5) is 5.82 Å². The molecule has 0 atom stereocenters. The van der Waals surface area contributed by atoms with Crippen molar-refractivity contribution in [2.24, 2.45) is 0 Å². The van der Waals surface area contributed by atoms with Crippen molar-refractivity contribution >= 4 is 216 Å². The first-order valence-electron chi connectivity index (χ1n) is 25.7. The first kappa shape index (κ1) is 56.4. The maximum Gasteiger partial charge on any atom is 0.144 e. The maximum absolute atomic E-state index is 4.98. The molecule has 0 saturated carbocycles. The quantitative estimate of drug-likeness (QED) is 0.0826. The van der Waals surface area contributed by atoms with Crippen LogP contribution in [0.3, 0.4) is 0 Å². The third kappa shape index (κ3) is 10.9. The lowest BCUT2D eigenvalue weighted by molar-refractivity contribution is 1.14. The van der Waals surface area contributed by atoms with E-state index in [4.69, 9.17) is 74.8 Å². The first-order valence-corrected chi connectivity index (χ1v) is 41.8. The molecular weight excluding hydrogens is 1480 g/mol. The summed E-state index contributed by atoms with van der Waals surface area (Å²) in [7, 11) is 0. The van der Waals surface area contributed by atoms with Gasteiger partial charge in [-0.2, -0.15) is 0 Å². The van der Waals surface area contributed by atoms with Gasteiger partial charge in [-0.15, -0.1) is 204 Å². The van der Waals surface area contributed by atoms with Gasteiger partial charge in [-0.25, -0.2) is 84.7 Å². The van der Waals surface area contributed by atoms with E-state index in [9.17, 15) is 0 Å². The summed E-state index contributed by atoms with van der Waals surface area (Å²) < 4.78 is 0. The number of hydrogen-bond acceptors (Lipinski definition) is 36. The molecule has 0 aromatic carbocycles. The zero-order valence-electron chi connectivity index (χ0n) is 44.2. The van der Waals surface area contributed by atoms with E-state index in [1.807, 2.05) is 86.2 Å². The number of thiazole rings is 17. The van der Waals surface area contributed by atoms with Crippen molar-refractivity contribution in [1.29, 1.82) is 0 Å². The van der Waals surface area contributed by atoms with Crippen molar-refractivity contribution < 1.29 is 0 Å². The summed E-state index contributed by atoms with van der Waals surface area (Å²) in [5, 5.41) is 50.2. The molecule has 18 nitrogen and oxygen atoms in total.